The largest absolute Gasteiger partial charge is 0.481 e. The van der Waals surface area contributed by atoms with Crippen LogP contribution in [0.4, 0.5) is 11.5 Å². The van der Waals surface area contributed by atoms with Gasteiger partial charge in [0.1, 0.15) is 17.8 Å². The van der Waals surface area contributed by atoms with Gasteiger partial charge in [-0.15, -0.1) is 0 Å². The predicted molar refractivity (Wildman–Crippen MR) is 123 cm³/mol. The number of carboxylic acid groups (broad SMARTS) is 1. The van der Waals surface area contributed by atoms with E-state index in [1.165, 1.54) is 6.33 Å². The van der Waals surface area contributed by atoms with Gasteiger partial charge in [0.2, 0.25) is 5.91 Å². The Bertz CT molecular complexity index is 1240. The van der Waals surface area contributed by atoms with E-state index in [0.29, 0.717) is 5.69 Å². The number of H-pyrrole nitrogens is 1. The number of fused-ring (bicyclic) bond motifs is 1. The number of aromatic nitrogens is 3. The molecule has 0 radical (unpaired) electrons. The molecule has 4 aromatic rings. The molecule has 1 unspecified atom stereocenters. The van der Waals surface area contributed by atoms with Gasteiger partial charge in [-0.1, -0.05) is 42.5 Å². The topological polar surface area (TPSA) is 120 Å². The van der Waals surface area contributed by atoms with Crippen molar-refractivity contribution in [1.29, 1.82) is 0 Å². The molecule has 0 aliphatic heterocycles. The molecule has 1 atom stereocenters. The van der Waals surface area contributed by atoms with Crippen LogP contribution in [0.15, 0.2) is 67.0 Å². The van der Waals surface area contributed by atoms with Gasteiger partial charge in [-0.2, -0.15) is 0 Å². The van der Waals surface area contributed by atoms with Crippen molar-refractivity contribution in [3.63, 3.8) is 0 Å². The molecular formula is C24H23N5O3. The lowest BCUT2D eigenvalue weighted by atomic mass is 10.1. The molecule has 8 nitrogen and oxygen atoms in total. The van der Waals surface area contributed by atoms with E-state index in [1.807, 2.05) is 36.4 Å². The molecule has 4 N–H and O–H groups in total. The van der Waals surface area contributed by atoms with E-state index in [0.717, 1.165) is 33.7 Å². The molecular weight excluding hydrogens is 406 g/mol. The number of nitrogens with one attached hydrogen (secondary N) is 3. The fraction of sp³-hybridized carbons (Fsp3) is 0.167. The molecule has 0 fully saturated rings. The Morgan fingerprint density at radius 3 is 2.50 bits per heavy atom. The Morgan fingerprint density at radius 2 is 1.78 bits per heavy atom. The number of aliphatic carboxylic acids is 1. The number of nitrogens with zero attached hydrogens (tertiary/aromatic N) is 2. The molecule has 0 bridgehead atoms. The second kappa shape index (κ2) is 9.30. The normalized spacial score (nSPS) is 11.8. The average molecular weight is 429 g/mol. The monoisotopic (exact) mass is 429 g/mol. The Labute approximate surface area is 184 Å². The molecule has 2 aromatic carbocycles. The summed E-state index contributed by atoms with van der Waals surface area (Å²) < 4.78 is 0. The van der Waals surface area contributed by atoms with Gasteiger partial charge in [0, 0.05) is 23.8 Å². The quantitative estimate of drug-likeness (QED) is 0.325. The van der Waals surface area contributed by atoms with Crippen molar-refractivity contribution >= 4 is 34.4 Å². The minimum atomic E-state index is -0.996. The second-order valence-corrected chi connectivity index (χ2v) is 7.46. The SMILES string of the molecule is CC(Nc1ncnc2[nH]c(-c3ccc(NC(=O)CCC(=O)O)cc3)cc12)c1ccccc1. The highest BCUT2D eigenvalue weighted by atomic mass is 16.4. The number of carbonyl (C=O) groups excluding carboxylic acids is 1. The van der Waals surface area contributed by atoms with Gasteiger partial charge in [-0.3, -0.25) is 9.59 Å². The number of benzene rings is 2. The van der Waals surface area contributed by atoms with Crippen LogP contribution < -0.4 is 10.6 Å². The lowest BCUT2D eigenvalue weighted by molar-refractivity contribution is -0.138. The van der Waals surface area contributed by atoms with Gasteiger partial charge < -0.3 is 20.7 Å². The van der Waals surface area contributed by atoms with Crippen molar-refractivity contribution in [3.05, 3.63) is 72.6 Å². The number of amides is 1. The van der Waals surface area contributed by atoms with E-state index in [4.69, 9.17) is 5.11 Å². The van der Waals surface area contributed by atoms with Crippen LogP contribution in [0.1, 0.15) is 31.4 Å². The summed E-state index contributed by atoms with van der Waals surface area (Å²) in [7, 11) is 0. The molecule has 2 aromatic heterocycles. The highest BCUT2D eigenvalue weighted by molar-refractivity contribution is 5.93. The zero-order chi connectivity index (χ0) is 22.5. The summed E-state index contributed by atoms with van der Waals surface area (Å²) in [4.78, 5) is 34.5. The first-order valence-corrected chi connectivity index (χ1v) is 10.3. The minimum absolute atomic E-state index is 0.0606. The third kappa shape index (κ3) is 4.92. The highest BCUT2D eigenvalue weighted by Crippen LogP contribution is 2.29. The molecule has 0 saturated carbocycles. The fourth-order valence-corrected chi connectivity index (χ4v) is 3.42. The lowest BCUT2D eigenvalue weighted by Crippen LogP contribution is -2.13. The standard InChI is InChI=1S/C24H23N5O3/c1-15(16-5-3-2-4-6-16)27-23-19-13-20(29-24(19)26-14-25-23)17-7-9-18(10-8-17)28-21(30)11-12-22(31)32/h2-10,13-15H,11-12H2,1H3,(H,28,30)(H,31,32)(H2,25,26,27,29). The first kappa shape index (κ1) is 21.0. The zero-order valence-electron chi connectivity index (χ0n) is 17.5. The molecule has 0 saturated heterocycles. The lowest BCUT2D eigenvalue weighted by Gasteiger charge is -2.15. The third-order valence-electron chi connectivity index (χ3n) is 5.12. The second-order valence-electron chi connectivity index (χ2n) is 7.46. The first-order valence-electron chi connectivity index (χ1n) is 10.3. The van der Waals surface area contributed by atoms with Crippen molar-refractivity contribution in [2.45, 2.75) is 25.8 Å². The molecule has 162 valence electrons. The Morgan fingerprint density at radius 1 is 1.03 bits per heavy atom. The van der Waals surface area contributed by atoms with Crippen molar-refractivity contribution in [2.24, 2.45) is 0 Å². The van der Waals surface area contributed by atoms with E-state index in [9.17, 15) is 9.59 Å². The van der Waals surface area contributed by atoms with Gasteiger partial charge in [-0.05, 0) is 36.2 Å². The Balaban J connectivity index is 1.51. The molecule has 1 amide bonds. The van der Waals surface area contributed by atoms with Gasteiger partial charge in [-0.25, -0.2) is 9.97 Å². The Kier molecular flexibility index (Phi) is 6.12. The summed E-state index contributed by atoms with van der Waals surface area (Å²) in [5, 5.41) is 15.7. The van der Waals surface area contributed by atoms with E-state index in [1.54, 1.807) is 12.1 Å². The van der Waals surface area contributed by atoms with Crippen molar-refractivity contribution in [1.82, 2.24) is 15.0 Å². The molecule has 8 heteroatoms. The zero-order valence-corrected chi connectivity index (χ0v) is 17.5. The van der Waals surface area contributed by atoms with Crippen LogP contribution >= 0.6 is 0 Å². The first-order chi connectivity index (χ1) is 15.5. The third-order valence-corrected chi connectivity index (χ3v) is 5.12. The van der Waals surface area contributed by atoms with Crippen LogP contribution in [0.5, 0.6) is 0 Å². The van der Waals surface area contributed by atoms with Crippen LogP contribution in [0.3, 0.4) is 0 Å². The minimum Gasteiger partial charge on any atom is -0.481 e. The van der Waals surface area contributed by atoms with Crippen molar-refractivity contribution < 1.29 is 14.7 Å². The molecule has 32 heavy (non-hydrogen) atoms. The fourth-order valence-electron chi connectivity index (χ4n) is 3.42. The van der Waals surface area contributed by atoms with Crippen LogP contribution in [0.2, 0.25) is 0 Å². The maximum Gasteiger partial charge on any atom is 0.303 e. The average Bonchev–Trinajstić information content (AvgIpc) is 3.24. The summed E-state index contributed by atoms with van der Waals surface area (Å²) in [6, 6.07) is 19.5. The summed E-state index contributed by atoms with van der Waals surface area (Å²) in [6.45, 7) is 2.08. The van der Waals surface area contributed by atoms with Gasteiger partial charge in [0.25, 0.3) is 0 Å². The van der Waals surface area contributed by atoms with E-state index in [-0.39, 0.29) is 24.8 Å². The number of hydrogen-bond acceptors (Lipinski definition) is 5. The van der Waals surface area contributed by atoms with Crippen LogP contribution in [0, 0.1) is 0 Å². The van der Waals surface area contributed by atoms with E-state index < -0.39 is 5.97 Å². The molecule has 0 aliphatic rings. The molecule has 0 spiro atoms. The number of aromatic amines is 1. The summed E-state index contributed by atoms with van der Waals surface area (Å²) >= 11 is 0. The van der Waals surface area contributed by atoms with Crippen LogP contribution in [-0.4, -0.2) is 31.9 Å². The predicted octanol–water partition coefficient (Wildman–Crippen LogP) is 4.60. The molecule has 4 rings (SSSR count). The number of carbonyl (C=O) groups is 2. The van der Waals surface area contributed by atoms with Gasteiger partial charge in [0.05, 0.1) is 11.8 Å². The van der Waals surface area contributed by atoms with Crippen molar-refractivity contribution in [3.8, 4) is 11.3 Å². The smallest absolute Gasteiger partial charge is 0.303 e. The van der Waals surface area contributed by atoms with Crippen molar-refractivity contribution in [2.75, 3.05) is 10.6 Å². The number of rotatable bonds is 8. The maximum atomic E-state index is 11.8. The number of carboxylic acids is 1. The van der Waals surface area contributed by atoms with Gasteiger partial charge in [0.15, 0.2) is 0 Å². The number of anilines is 2. The molecule has 0 aliphatic carbocycles. The summed E-state index contributed by atoms with van der Waals surface area (Å²) in [5.41, 5.74) is 4.30. The molecule has 2 heterocycles. The van der Waals surface area contributed by atoms with E-state index >= 15 is 0 Å². The van der Waals surface area contributed by atoms with E-state index in [2.05, 4.69) is 44.6 Å². The van der Waals surface area contributed by atoms with Crippen LogP contribution in [0.25, 0.3) is 22.3 Å². The highest BCUT2D eigenvalue weighted by Gasteiger charge is 2.13. The summed E-state index contributed by atoms with van der Waals surface area (Å²) in [5.74, 6) is -0.579. The van der Waals surface area contributed by atoms with Gasteiger partial charge >= 0.3 is 5.97 Å². The summed E-state index contributed by atoms with van der Waals surface area (Å²) in [6.07, 6.45) is 1.27. The maximum absolute atomic E-state index is 11.8. The number of hydrogen-bond donors (Lipinski definition) is 4. The Hall–Kier alpha value is -4.20. The van der Waals surface area contributed by atoms with Crippen LogP contribution in [-0.2, 0) is 9.59 Å².